The second-order valence-electron chi connectivity index (χ2n) is 5.94. The van der Waals surface area contributed by atoms with Crippen molar-refractivity contribution in [3.63, 3.8) is 0 Å². The Bertz CT molecular complexity index is 875. The fraction of sp³-hybridized carbons (Fsp3) is 0.286. The van der Waals surface area contributed by atoms with Crippen molar-refractivity contribution >= 4 is 11.9 Å². The van der Waals surface area contributed by atoms with Gasteiger partial charge in [-0.15, -0.1) is 0 Å². The third-order valence-electron chi connectivity index (χ3n) is 3.93. The van der Waals surface area contributed by atoms with Gasteiger partial charge in [-0.3, -0.25) is 4.79 Å². The minimum Gasteiger partial charge on any atom is -0.497 e. The molecule has 0 saturated carbocycles. The summed E-state index contributed by atoms with van der Waals surface area (Å²) in [6.45, 7) is -1.63. The van der Waals surface area contributed by atoms with Gasteiger partial charge in [-0.1, -0.05) is 12.1 Å². The second kappa shape index (κ2) is 9.97. The predicted octanol–water partition coefficient (Wildman–Crippen LogP) is 4.69. The van der Waals surface area contributed by atoms with Crippen molar-refractivity contribution in [2.75, 3.05) is 27.9 Å². The van der Waals surface area contributed by atoms with Gasteiger partial charge in [0.2, 0.25) is 0 Å². The Morgan fingerprint density at radius 2 is 1.66 bits per heavy atom. The first-order valence-electron chi connectivity index (χ1n) is 8.53. The quantitative estimate of drug-likeness (QED) is 0.444. The number of ether oxygens (including phenoxy) is 4. The van der Waals surface area contributed by atoms with E-state index >= 15 is 0 Å². The molecule has 0 atom stereocenters. The molecule has 2 rings (SSSR count). The van der Waals surface area contributed by atoms with Crippen molar-refractivity contribution in [1.29, 1.82) is 0 Å². The summed E-state index contributed by atoms with van der Waals surface area (Å²) in [5.41, 5.74) is 1.36. The molecule has 0 saturated heterocycles. The monoisotopic (exact) mass is 410 g/mol. The number of carbonyl (C=O) groups excluding carboxylic acids is 1. The van der Waals surface area contributed by atoms with E-state index in [1.807, 2.05) is 0 Å². The molecule has 0 unspecified atom stereocenters. The molecule has 0 heterocycles. The highest BCUT2D eigenvalue weighted by atomic mass is 19.4. The summed E-state index contributed by atoms with van der Waals surface area (Å²) < 4.78 is 57.0. The van der Waals surface area contributed by atoms with Crippen molar-refractivity contribution in [2.45, 2.75) is 12.8 Å². The topological polar surface area (TPSA) is 54.0 Å². The van der Waals surface area contributed by atoms with Crippen molar-refractivity contribution in [3.05, 3.63) is 59.2 Å². The van der Waals surface area contributed by atoms with Crippen molar-refractivity contribution in [3.8, 4) is 17.2 Å². The first kappa shape index (κ1) is 22.3. The molecule has 156 valence electrons. The van der Waals surface area contributed by atoms with E-state index in [-0.39, 0.29) is 12.4 Å². The lowest BCUT2D eigenvalue weighted by atomic mass is 10.1. The highest BCUT2D eigenvalue weighted by Gasteiger charge is 2.27. The van der Waals surface area contributed by atoms with Gasteiger partial charge < -0.3 is 18.9 Å². The maximum absolute atomic E-state index is 12.6. The molecule has 0 amide bonds. The average molecular weight is 410 g/mol. The van der Waals surface area contributed by atoms with E-state index in [1.54, 1.807) is 42.5 Å². The Hall–Kier alpha value is -3.00. The fourth-order valence-electron chi connectivity index (χ4n) is 2.56. The van der Waals surface area contributed by atoms with Crippen LogP contribution in [0.1, 0.15) is 21.5 Å². The van der Waals surface area contributed by atoms with Crippen LogP contribution < -0.4 is 14.2 Å². The Kier molecular flexibility index (Phi) is 7.67. The SMILES string of the molecule is COc1ccc(OC)c(C(=O)/C=C/c2ccc(OC)c(COCC(F)(F)F)c2)c1. The normalized spacial score (nSPS) is 11.5. The minimum atomic E-state index is -4.41. The Morgan fingerprint density at radius 1 is 0.966 bits per heavy atom. The maximum Gasteiger partial charge on any atom is 0.411 e. The summed E-state index contributed by atoms with van der Waals surface area (Å²) in [6, 6.07) is 9.75. The summed E-state index contributed by atoms with van der Waals surface area (Å²) in [7, 11) is 4.36. The summed E-state index contributed by atoms with van der Waals surface area (Å²) in [6.07, 6.45) is -1.51. The molecule has 5 nitrogen and oxygen atoms in total. The Balaban J connectivity index is 2.19. The van der Waals surface area contributed by atoms with E-state index < -0.39 is 12.8 Å². The van der Waals surface area contributed by atoms with Crippen LogP contribution in [0.5, 0.6) is 17.2 Å². The van der Waals surface area contributed by atoms with Crippen molar-refractivity contribution < 1.29 is 36.9 Å². The summed E-state index contributed by atoms with van der Waals surface area (Å²) in [5.74, 6) is 0.990. The molecule has 0 bridgehead atoms. The Morgan fingerprint density at radius 3 is 2.28 bits per heavy atom. The summed E-state index contributed by atoms with van der Waals surface area (Å²) in [4.78, 5) is 12.6. The molecule has 0 aliphatic carbocycles. The Labute approximate surface area is 166 Å². The number of hydrogen-bond acceptors (Lipinski definition) is 5. The van der Waals surface area contributed by atoms with Crippen LogP contribution in [0.3, 0.4) is 0 Å². The predicted molar refractivity (Wildman–Crippen MR) is 102 cm³/mol. The number of carbonyl (C=O) groups is 1. The standard InChI is InChI=1S/C21H21F3O5/c1-26-16-6-9-20(28-3)17(11-16)18(25)7-4-14-5-8-19(27-2)15(10-14)12-29-13-21(22,23)24/h4-11H,12-13H2,1-3H3/b7-4+. The van der Waals surface area contributed by atoms with Crippen LogP contribution in [0.25, 0.3) is 6.08 Å². The van der Waals surface area contributed by atoms with Gasteiger partial charge in [0.25, 0.3) is 0 Å². The molecule has 0 aromatic heterocycles. The summed E-state index contributed by atoms with van der Waals surface area (Å²) in [5, 5.41) is 0. The third-order valence-corrected chi connectivity index (χ3v) is 3.93. The third kappa shape index (κ3) is 6.53. The highest BCUT2D eigenvalue weighted by molar-refractivity contribution is 6.08. The summed E-state index contributed by atoms with van der Waals surface area (Å²) >= 11 is 0. The smallest absolute Gasteiger partial charge is 0.411 e. The molecule has 0 fully saturated rings. The number of methoxy groups -OCH3 is 3. The van der Waals surface area contributed by atoms with E-state index in [9.17, 15) is 18.0 Å². The van der Waals surface area contributed by atoms with Crippen LogP contribution in [0.4, 0.5) is 13.2 Å². The van der Waals surface area contributed by atoms with E-state index in [0.717, 1.165) is 0 Å². The van der Waals surface area contributed by atoms with E-state index in [2.05, 4.69) is 0 Å². The molecule has 0 spiro atoms. The van der Waals surface area contributed by atoms with E-state index in [0.29, 0.717) is 33.9 Å². The molecule has 0 radical (unpaired) electrons. The number of hydrogen-bond donors (Lipinski definition) is 0. The molecule has 0 aliphatic rings. The van der Waals surface area contributed by atoms with E-state index in [1.165, 1.54) is 27.4 Å². The maximum atomic E-state index is 12.6. The number of rotatable bonds is 9. The van der Waals surface area contributed by atoms with Gasteiger partial charge in [-0.2, -0.15) is 13.2 Å². The lowest BCUT2D eigenvalue weighted by molar-refractivity contribution is -0.176. The highest BCUT2D eigenvalue weighted by Crippen LogP contribution is 2.26. The van der Waals surface area contributed by atoms with Crippen LogP contribution in [0.2, 0.25) is 0 Å². The molecule has 29 heavy (non-hydrogen) atoms. The molecule has 2 aromatic rings. The van der Waals surface area contributed by atoms with E-state index in [4.69, 9.17) is 18.9 Å². The average Bonchev–Trinajstić information content (AvgIpc) is 2.70. The minimum absolute atomic E-state index is 0.276. The lowest BCUT2D eigenvalue weighted by Gasteiger charge is -2.11. The first-order valence-corrected chi connectivity index (χ1v) is 8.53. The lowest BCUT2D eigenvalue weighted by Crippen LogP contribution is -2.16. The van der Waals surface area contributed by atoms with Gasteiger partial charge in [0.15, 0.2) is 5.78 Å². The molecular formula is C21H21F3O5. The zero-order valence-corrected chi connectivity index (χ0v) is 16.2. The second-order valence-corrected chi connectivity index (χ2v) is 5.94. The van der Waals surface area contributed by atoms with Crippen LogP contribution in [-0.2, 0) is 11.3 Å². The molecular weight excluding hydrogens is 389 g/mol. The van der Waals surface area contributed by atoms with Gasteiger partial charge in [-0.05, 0) is 42.0 Å². The first-order chi connectivity index (χ1) is 13.8. The molecule has 0 aliphatic heterocycles. The largest absolute Gasteiger partial charge is 0.497 e. The fourth-order valence-corrected chi connectivity index (χ4v) is 2.56. The van der Waals surface area contributed by atoms with Crippen molar-refractivity contribution in [2.24, 2.45) is 0 Å². The van der Waals surface area contributed by atoms with Crippen LogP contribution >= 0.6 is 0 Å². The van der Waals surface area contributed by atoms with Crippen LogP contribution in [-0.4, -0.2) is 39.9 Å². The number of halogens is 3. The molecule has 0 N–H and O–H groups in total. The zero-order chi connectivity index (χ0) is 21.4. The van der Waals surface area contributed by atoms with Gasteiger partial charge >= 0.3 is 6.18 Å². The van der Waals surface area contributed by atoms with Gasteiger partial charge in [0.05, 0.1) is 33.5 Å². The van der Waals surface area contributed by atoms with Gasteiger partial charge in [0, 0.05) is 5.56 Å². The number of benzene rings is 2. The van der Waals surface area contributed by atoms with Crippen LogP contribution in [0.15, 0.2) is 42.5 Å². The number of allylic oxidation sites excluding steroid dienone is 1. The van der Waals surface area contributed by atoms with Crippen molar-refractivity contribution in [1.82, 2.24) is 0 Å². The van der Waals surface area contributed by atoms with Gasteiger partial charge in [0.1, 0.15) is 23.9 Å². The number of alkyl halides is 3. The molecule has 2 aromatic carbocycles. The van der Waals surface area contributed by atoms with Crippen LogP contribution in [0, 0.1) is 0 Å². The molecule has 8 heteroatoms. The number of ketones is 1. The zero-order valence-electron chi connectivity index (χ0n) is 16.2. The van der Waals surface area contributed by atoms with Gasteiger partial charge in [-0.25, -0.2) is 0 Å².